The molecule has 0 radical (unpaired) electrons. The third-order valence-corrected chi connectivity index (χ3v) is 2.09. The first-order chi connectivity index (χ1) is 6.88. The molecule has 0 fully saturated rings. The molecule has 15 heavy (non-hydrogen) atoms. The Morgan fingerprint density at radius 3 is 2.53 bits per heavy atom. The molecule has 0 heterocycles. The minimum Gasteiger partial charge on any atom is -0.364 e. The lowest BCUT2D eigenvalue weighted by Gasteiger charge is -2.03. The van der Waals surface area contributed by atoms with Crippen molar-refractivity contribution in [2.24, 2.45) is 0 Å². The fraction of sp³-hybridized carbons (Fsp3) is 0.111. The van der Waals surface area contributed by atoms with Gasteiger partial charge in [0.2, 0.25) is 0 Å². The zero-order valence-electron chi connectivity index (χ0n) is 7.54. The minimum atomic E-state index is -4.66. The molecule has 82 valence electrons. The highest BCUT2D eigenvalue weighted by atomic mass is 32.3. The molecule has 6 heteroatoms. The van der Waals surface area contributed by atoms with E-state index in [4.69, 9.17) is 10.2 Å². The summed E-state index contributed by atoms with van der Waals surface area (Å²) >= 11 is 0. The van der Waals surface area contributed by atoms with Crippen LogP contribution in [-0.2, 0) is 10.2 Å². The van der Waals surface area contributed by atoms with Gasteiger partial charge in [0.1, 0.15) is 0 Å². The molecule has 0 spiro atoms. The number of rotatable bonds is 3. The molecule has 0 unspecified atom stereocenters. The number of aliphatic hydroxyl groups excluding tert-OH is 1. The summed E-state index contributed by atoms with van der Waals surface area (Å²) in [6.45, 7) is 0. The first-order valence-corrected chi connectivity index (χ1v) is 5.42. The van der Waals surface area contributed by atoms with Gasteiger partial charge < -0.3 is 10.2 Å². The van der Waals surface area contributed by atoms with Gasteiger partial charge >= 0.3 is 10.2 Å². The summed E-state index contributed by atoms with van der Waals surface area (Å²) in [5.41, 5.74) is 0.565. The quantitative estimate of drug-likeness (QED) is 0.600. The first kappa shape index (κ1) is 11.8. The lowest BCUT2D eigenvalue weighted by atomic mass is 10.1. The Hall–Kier alpha value is -1.24. The summed E-state index contributed by atoms with van der Waals surface area (Å²) in [5.74, 6) is 0. The predicted molar refractivity (Wildman–Crippen MR) is 52.7 cm³/mol. The van der Waals surface area contributed by atoms with Crippen LogP contribution in [0.15, 0.2) is 29.7 Å². The highest BCUT2D eigenvalue weighted by Gasteiger charge is 2.03. The van der Waals surface area contributed by atoms with Crippen LogP contribution >= 0.6 is 0 Å². The third-order valence-electron chi connectivity index (χ3n) is 1.63. The van der Waals surface area contributed by atoms with Crippen LogP contribution in [0.4, 0.5) is 3.89 Å². The van der Waals surface area contributed by atoms with Crippen molar-refractivity contribution in [1.82, 2.24) is 0 Å². The summed E-state index contributed by atoms with van der Waals surface area (Å²) in [6, 6.07) is 5.80. The van der Waals surface area contributed by atoms with Crippen LogP contribution in [0.2, 0.25) is 0 Å². The standard InChI is InChI=1S/C9H9FO4S/c10-15(13,14)5-4-7-2-1-3-8(6-7)9(11)12/h1-6,9,11-12H/b5-4+. The Balaban J connectivity index is 2.97. The van der Waals surface area contributed by atoms with Gasteiger partial charge in [0.25, 0.3) is 0 Å². The van der Waals surface area contributed by atoms with E-state index >= 15 is 0 Å². The van der Waals surface area contributed by atoms with Crippen molar-refractivity contribution in [1.29, 1.82) is 0 Å². The summed E-state index contributed by atoms with van der Waals surface area (Å²) in [7, 11) is -4.66. The molecular formula is C9H9FO4S. The monoisotopic (exact) mass is 232 g/mol. The van der Waals surface area contributed by atoms with E-state index in [9.17, 15) is 12.3 Å². The molecule has 0 amide bonds. The largest absolute Gasteiger partial charge is 0.364 e. The van der Waals surface area contributed by atoms with Crippen LogP contribution in [0.1, 0.15) is 17.4 Å². The zero-order valence-corrected chi connectivity index (χ0v) is 8.36. The van der Waals surface area contributed by atoms with Crippen LogP contribution in [0, 0.1) is 0 Å². The molecule has 0 aliphatic heterocycles. The van der Waals surface area contributed by atoms with Gasteiger partial charge in [-0.3, -0.25) is 0 Å². The van der Waals surface area contributed by atoms with Gasteiger partial charge in [-0.05, 0) is 17.7 Å². The lowest BCUT2D eigenvalue weighted by Crippen LogP contribution is -1.94. The Kier molecular flexibility index (Phi) is 3.57. The molecule has 2 N–H and O–H groups in total. The third kappa shape index (κ3) is 4.20. The smallest absolute Gasteiger partial charge is 0.325 e. The van der Waals surface area contributed by atoms with Crippen molar-refractivity contribution in [3.8, 4) is 0 Å². The van der Waals surface area contributed by atoms with Gasteiger partial charge in [0.15, 0.2) is 6.29 Å². The Labute approximate surface area is 86.5 Å². The maximum absolute atomic E-state index is 12.1. The maximum atomic E-state index is 12.1. The van der Waals surface area contributed by atoms with E-state index in [1.807, 2.05) is 0 Å². The summed E-state index contributed by atoms with van der Waals surface area (Å²) < 4.78 is 32.5. The molecule has 0 bridgehead atoms. The average molecular weight is 232 g/mol. The van der Waals surface area contributed by atoms with Crippen LogP contribution in [0.3, 0.4) is 0 Å². The van der Waals surface area contributed by atoms with Gasteiger partial charge in [0, 0.05) is 5.56 Å². The normalized spacial score (nSPS) is 12.5. The van der Waals surface area contributed by atoms with E-state index in [0.29, 0.717) is 11.0 Å². The van der Waals surface area contributed by atoms with E-state index in [1.165, 1.54) is 24.3 Å². The zero-order chi connectivity index (χ0) is 11.5. The molecule has 0 aliphatic rings. The predicted octanol–water partition coefficient (Wildman–Crippen LogP) is 0.940. The SMILES string of the molecule is O=S(=O)(F)/C=C/c1cccc(C(O)O)c1. The molecule has 1 aromatic carbocycles. The summed E-state index contributed by atoms with van der Waals surface area (Å²) in [4.78, 5) is 0. The van der Waals surface area contributed by atoms with Gasteiger partial charge in [0.05, 0.1) is 5.41 Å². The molecule has 1 rings (SSSR count). The Bertz CT molecular complexity index is 465. The number of aliphatic hydroxyl groups is 2. The fourth-order valence-corrected chi connectivity index (χ4v) is 1.30. The molecule has 0 aliphatic carbocycles. The highest BCUT2D eigenvalue weighted by molar-refractivity contribution is 7.89. The van der Waals surface area contributed by atoms with Gasteiger partial charge in [-0.15, -0.1) is 3.89 Å². The topological polar surface area (TPSA) is 74.6 Å². The second-order valence-electron chi connectivity index (χ2n) is 2.82. The molecule has 1 aromatic rings. The molecule has 0 saturated carbocycles. The Morgan fingerprint density at radius 2 is 2.00 bits per heavy atom. The number of hydrogen-bond acceptors (Lipinski definition) is 4. The Morgan fingerprint density at radius 1 is 1.33 bits per heavy atom. The molecule has 0 atom stereocenters. The van der Waals surface area contributed by atoms with E-state index in [0.717, 1.165) is 6.08 Å². The maximum Gasteiger partial charge on any atom is 0.325 e. The fourth-order valence-electron chi connectivity index (χ4n) is 0.983. The van der Waals surface area contributed by atoms with Gasteiger partial charge in [-0.2, -0.15) is 8.42 Å². The molecule has 4 nitrogen and oxygen atoms in total. The summed E-state index contributed by atoms with van der Waals surface area (Å²) in [6.07, 6.45) is -0.610. The molecule has 0 aromatic heterocycles. The van der Waals surface area contributed by atoms with E-state index < -0.39 is 16.5 Å². The van der Waals surface area contributed by atoms with Gasteiger partial charge in [-0.1, -0.05) is 18.2 Å². The molecule has 0 saturated heterocycles. The van der Waals surface area contributed by atoms with E-state index in [2.05, 4.69) is 0 Å². The molecular weight excluding hydrogens is 223 g/mol. The van der Waals surface area contributed by atoms with Gasteiger partial charge in [-0.25, -0.2) is 0 Å². The number of halogens is 1. The van der Waals surface area contributed by atoms with Crippen molar-refractivity contribution >= 4 is 16.3 Å². The van der Waals surface area contributed by atoms with E-state index in [1.54, 1.807) is 0 Å². The second-order valence-corrected chi connectivity index (χ2v) is 4.05. The van der Waals surface area contributed by atoms with Crippen LogP contribution < -0.4 is 0 Å². The first-order valence-electron chi connectivity index (χ1n) is 3.97. The van der Waals surface area contributed by atoms with Crippen LogP contribution in [0.5, 0.6) is 0 Å². The van der Waals surface area contributed by atoms with Crippen molar-refractivity contribution in [3.05, 3.63) is 40.8 Å². The van der Waals surface area contributed by atoms with E-state index in [-0.39, 0.29) is 5.56 Å². The van der Waals surface area contributed by atoms with Crippen LogP contribution in [-0.4, -0.2) is 18.6 Å². The number of hydrogen-bond donors (Lipinski definition) is 2. The van der Waals surface area contributed by atoms with Crippen LogP contribution in [0.25, 0.3) is 6.08 Å². The lowest BCUT2D eigenvalue weighted by molar-refractivity contribution is -0.0424. The summed E-state index contributed by atoms with van der Waals surface area (Å²) in [5, 5.41) is 18.0. The second kappa shape index (κ2) is 4.52. The van der Waals surface area contributed by atoms with Crippen molar-refractivity contribution in [2.75, 3.05) is 0 Å². The number of benzene rings is 1. The van der Waals surface area contributed by atoms with Crippen molar-refractivity contribution < 1.29 is 22.5 Å². The highest BCUT2D eigenvalue weighted by Crippen LogP contribution is 2.13. The van der Waals surface area contributed by atoms with Crippen molar-refractivity contribution in [2.45, 2.75) is 6.29 Å². The van der Waals surface area contributed by atoms with Crippen molar-refractivity contribution in [3.63, 3.8) is 0 Å². The minimum absolute atomic E-state index is 0.202. The average Bonchev–Trinajstić information content (AvgIpc) is 2.14.